The molecule has 0 spiro atoms. The van der Waals surface area contributed by atoms with Crippen LogP contribution in [0.15, 0.2) is 53.5 Å². The Balaban J connectivity index is 1.46. The van der Waals surface area contributed by atoms with E-state index in [1.807, 2.05) is 47.3 Å². The van der Waals surface area contributed by atoms with Crippen LogP contribution >= 0.6 is 11.3 Å². The Morgan fingerprint density at radius 1 is 1.35 bits per heavy atom. The molecule has 1 N–H and O–H groups in total. The molecule has 0 aliphatic rings. The normalized spacial score (nSPS) is 11.0. The molecule has 2 heterocycles. The maximum Gasteiger partial charge on any atom is 0.203 e. The number of aryl methyl sites for hydroxylation is 1. The number of hydrogen-bond acceptors (Lipinski definition) is 6. The fourth-order valence-corrected chi connectivity index (χ4v) is 2.54. The molecule has 3 rings (SSSR count). The SMILES string of the molecule is Cc1csc(NN=Cc2ccc(OCCn3ccnc3)cc2)n1. The summed E-state index contributed by atoms with van der Waals surface area (Å²) >= 11 is 1.53. The first kappa shape index (κ1) is 15.2. The highest BCUT2D eigenvalue weighted by molar-refractivity contribution is 7.13. The Hall–Kier alpha value is -2.67. The van der Waals surface area contributed by atoms with Gasteiger partial charge in [-0.2, -0.15) is 5.10 Å². The minimum absolute atomic E-state index is 0.606. The van der Waals surface area contributed by atoms with Crippen molar-refractivity contribution in [1.29, 1.82) is 0 Å². The first-order chi connectivity index (χ1) is 11.3. The lowest BCUT2D eigenvalue weighted by Gasteiger charge is -2.06. The number of imidazole rings is 1. The van der Waals surface area contributed by atoms with E-state index < -0.39 is 0 Å². The topological polar surface area (TPSA) is 64.3 Å². The molecule has 0 amide bonds. The molecule has 0 atom stereocenters. The Morgan fingerprint density at radius 3 is 2.91 bits per heavy atom. The molecule has 0 saturated heterocycles. The standard InChI is InChI=1S/C16H17N5OS/c1-13-11-23-16(19-13)20-18-10-14-2-4-15(5-3-14)22-9-8-21-7-6-17-12-21/h2-7,10-12H,8-9H2,1H3,(H,19,20). The van der Waals surface area contributed by atoms with Crippen LogP contribution in [-0.4, -0.2) is 27.4 Å². The second-order valence-corrected chi connectivity index (χ2v) is 5.74. The number of aromatic nitrogens is 3. The van der Waals surface area contributed by atoms with Crippen molar-refractivity contribution in [2.24, 2.45) is 5.10 Å². The fourth-order valence-electron chi connectivity index (χ4n) is 1.91. The summed E-state index contributed by atoms with van der Waals surface area (Å²) < 4.78 is 7.67. The van der Waals surface area contributed by atoms with Crippen LogP contribution in [0.25, 0.3) is 0 Å². The first-order valence-electron chi connectivity index (χ1n) is 7.19. The molecule has 118 valence electrons. The summed E-state index contributed by atoms with van der Waals surface area (Å²) in [4.78, 5) is 8.27. The Kier molecular flexibility index (Phi) is 5.00. The van der Waals surface area contributed by atoms with Crippen molar-refractivity contribution in [3.05, 3.63) is 59.6 Å². The number of ether oxygens (including phenoxy) is 1. The van der Waals surface area contributed by atoms with Crippen LogP contribution in [0.1, 0.15) is 11.3 Å². The molecule has 3 aromatic rings. The molecule has 6 nitrogen and oxygen atoms in total. The van der Waals surface area contributed by atoms with E-state index in [-0.39, 0.29) is 0 Å². The zero-order valence-corrected chi connectivity index (χ0v) is 13.5. The molecule has 0 unspecified atom stereocenters. The Bertz CT molecular complexity index is 749. The van der Waals surface area contributed by atoms with Gasteiger partial charge in [0.2, 0.25) is 5.13 Å². The van der Waals surface area contributed by atoms with Gasteiger partial charge in [-0.15, -0.1) is 11.3 Å². The predicted octanol–water partition coefficient (Wildman–Crippen LogP) is 3.17. The van der Waals surface area contributed by atoms with Gasteiger partial charge in [0.05, 0.1) is 24.8 Å². The van der Waals surface area contributed by atoms with Gasteiger partial charge in [-0.3, -0.25) is 5.43 Å². The molecule has 0 aliphatic carbocycles. The highest BCUT2D eigenvalue weighted by Gasteiger charge is 1.96. The summed E-state index contributed by atoms with van der Waals surface area (Å²) in [5, 5.41) is 6.94. The van der Waals surface area contributed by atoms with Crippen molar-refractivity contribution >= 4 is 22.7 Å². The van der Waals surface area contributed by atoms with Crippen molar-refractivity contribution in [2.75, 3.05) is 12.0 Å². The van der Waals surface area contributed by atoms with Gasteiger partial charge in [0.25, 0.3) is 0 Å². The molecule has 0 bridgehead atoms. The van der Waals surface area contributed by atoms with E-state index in [1.165, 1.54) is 11.3 Å². The number of hydrogen-bond donors (Lipinski definition) is 1. The van der Waals surface area contributed by atoms with E-state index in [4.69, 9.17) is 4.74 Å². The lowest BCUT2D eigenvalue weighted by Crippen LogP contribution is -2.06. The van der Waals surface area contributed by atoms with Crippen LogP contribution in [0.4, 0.5) is 5.13 Å². The van der Waals surface area contributed by atoms with Crippen molar-refractivity contribution < 1.29 is 4.74 Å². The summed E-state index contributed by atoms with van der Waals surface area (Å²) in [6.45, 7) is 3.34. The number of benzene rings is 1. The third-order valence-corrected chi connectivity index (χ3v) is 3.92. The van der Waals surface area contributed by atoms with E-state index in [2.05, 4.69) is 20.5 Å². The highest BCUT2D eigenvalue weighted by Crippen LogP contribution is 2.14. The number of nitrogens with zero attached hydrogens (tertiary/aromatic N) is 4. The summed E-state index contributed by atoms with van der Waals surface area (Å²) in [5.41, 5.74) is 4.90. The fraction of sp³-hybridized carbons (Fsp3) is 0.188. The maximum absolute atomic E-state index is 5.69. The molecular weight excluding hydrogens is 310 g/mol. The third-order valence-electron chi connectivity index (χ3n) is 3.05. The number of nitrogens with one attached hydrogen (secondary N) is 1. The molecule has 0 radical (unpaired) electrons. The van der Waals surface area contributed by atoms with Crippen LogP contribution in [-0.2, 0) is 6.54 Å². The number of hydrazone groups is 1. The number of thiazole rings is 1. The first-order valence-corrected chi connectivity index (χ1v) is 8.07. The minimum atomic E-state index is 0.606. The summed E-state index contributed by atoms with van der Waals surface area (Å²) in [6.07, 6.45) is 7.21. The van der Waals surface area contributed by atoms with E-state index in [0.29, 0.717) is 6.61 Å². The number of anilines is 1. The van der Waals surface area contributed by atoms with Crippen molar-refractivity contribution in [3.63, 3.8) is 0 Å². The van der Waals surface area contributed by atoms with Gasteiger partial charge in [-0.25, -0.2) is 9.97 Å². The predicted molar refractivity (Wildman–Crippen MR) is 92.2 cm³/mol. The van der Waals surface area contributed by atoms with Gasteiger partial charge in [0.15, 0.2) is 0 Å². The second kappa shape index (κ2) is 7.55. The van der Waals surface area contributed by atoms with Gasteiger partial charge in [0.1, 0.15) is 12.4 Å². The molecular formula is C16H17N5OS. The summed E-state index contributed by atoms with van der Waals surface area (Å²) in [7, 11) is 0. The smallest absolute Gasteiger partial charge is 0.203 e. The molecule has 0 saturated carbocycles. The summed E-state index contributed by atoms with van der Waals surface area (Å²) in [6, 6.07) is 7.79. The average Bonchev–Trinajstić information content (AvgIpc) is 3.21. The Labute approximate surface area is 138 Å². The van der Waals surface area contributed by atoms with Gasteiger partial charge in [-0.1, -0.05) is 0 Å². The molecule has 7 heteroatoms. The van der Waals surface area contributed by atoms with E-state index in [0.717, 1.165) is 28.7 Å². The third kappa shape index (κ3) is 4.65. The lowest BCUT2D eigenvalue weighted by atomic mass is 10.2. The van der Waals surface area contributed by atoms with Gasteiger partial charge >= 0.3 is 0 Å². The summed E-state index contributed by atoms with van der Waals surface area (Å²) in [5.74, 6) is 0.839. The van der Waals surface area contributed by atoms with E-state index in [9.17, 15) is 0 Å². The maximum atomic E-state index is 5.69. The van der Waals surface area contributed by atoms with Gasteiger partial charge in [0, 0.05) is 17.8 Å². The zero-order valence-electron chi connectivity index (χ0n) is 12.7. The van der Waals surface area contributed by atoms with Crippen LogP contribution in [0.2, 0.25) is 0 Å². The number of rotatable bonds is 7. The highest BCUT2D eigenvalue weighted by atomic mass is 32.1. The second-order valence-electron chi connectivity index (χ2n) is 4.88. The van der Waals surface area contributed by atoms with Crippen LogP contribution in [0.3, 0.4) is 0 Å². The minimum Gasteiger partial charge on any atom is -0.492 e. The lowest BCUT2D eigenvalue weighted by molar-refractivity contribution is 0.298. The van der Waals surface area contributed by atoms with E-state index >= 15 is 0 Å². The molecule has 0 aliphatic heterocycles. The molecule has 0 fully saturated rings. The zero-order chi connectivity index (χ0) is 15.9. The average molecular weight is 327 g/mol. The Morgan fingerprint density at radius 2 is 2.22 bits per heavy atom. The molecule has 2 aromatic heterocycles. The van der Waals surface area contributed by atoms with Gasteiger partial charge in [-0.05, 0) is 36.8 Å². The van der Waals surface area contributed by atoms with Crippen molar-refractivity contribution in [1.82, 2.24) is 14.5 Å². The van der Waals surface area contributed by atoms with Crippen LogP contribution < -0.4 is 10.2 Å². The van der Waals surface area contributed by atoms with E-state index in [1.54, 1.807) is 18.7 Å². The molecule has 23 heavy (non-hydrogen) atoms. The monoisotopic (exact) mass is 327 g/mol. The van der Waals surface area contributed by atoms with Crippen molar-refractivity contribution in [2.45, 2.75) is 13.5 Å². The largest absolute Gasteiger partial charge is 0.492 e. The van der Waals surface area contributed by atoms with Crippen LogP contribution in [0, 0.1) is 6.92 Å². The van der Waals surface area contributed by atoms with Gasteiger partial charge < -0.3 is 9.30 Å². The molecule has 1 aromatic carbocycles. The van der Waals surface area contributed by atoms with Crippen LogP contribution in [0.5, 0.6) is 5.75 Å². The quantitative estimate of drug-likeness (QED) is 0.535. The van der Waals surface area contributed by atoms with Crippen molar-refractivity contribution in [3.8, 4) is 5.75 Å².